The van der Waals surface area contributed by atoms with Crippen molar-refractivity contribution < 1.29 is 23.9 Å². The largest absolute Gasteiger partial charge is 0.464 e. The summed E-state index contributed by atoms with van der Waals surface area (Å²) in [5.74, 6) is -1.95. The van der Waals surface area contributed by atoms with Gasteiger partial charge in [0.05, 0.1) is 23.6 Å². The average Bonchev–Trinajstić information content (AvgIpc) is 3.23. The van der Waals surface area contributed by atoms with E-state index >= 15 is 0 Å². The summed E-state index contributed by atoms with van der Waals surface area (Å²) in [5, 5.41) is 0. The molecule has 30 heavy (non-hydrogen) atoms. The Morgan fingerprint density at radius 2 is 1.67 bits per heavy atom. The van der Waals surface area contributed by atoms with Gasteiger partial charge in [0.2, 0.25) is 5.91 Å². The number of fused-ring (bicyclic) bond motifs is 1. The summed E-state index contributed by atoms with van der Waals surface area (Å²) >= 11 is 0. The molecule has 0 saturated carbocycles. The van der Waals surface area contributed by atoms with Crippen molar-refractivity contribution in [3.05, 3.63) is 64.7 Å². The lowest BCUT2D eigenvalue weighted by Crippen LogP contribution is -2.34. The van der Waals surface area contributed by atoms with E-state index < -0.39 is 11.9 Å². The number of anilines is 1. The molecule has 3 amide bonds. The molecule has 2 aromatic carbocycles. The van der Waals surface area contributed by atoms with Crippen molar-refractivity contribution in [3.63, 3.8) is 0 Å². The van der Waals surface area contributed by atoms with Gasteiger partial charge in [0, 0.05) is 18.7 Å². The molecule has 1 fully saturated rings. The maximum Gasteiger partial charge on any atom is 0.311 e. The highest BCUT2D eigenvalue weighted by Crippen LogP contribution is 2.30. The SMILES string of the molecule is Cc1cccc(N2C[C@@H](C(=O)OCCN3C(=O)c4ccccc4C3=O)CC2=O)c1C. The van der Waals surface area contributed by atoms with E-state index in [1.54, 1.807) is 29.2 Å². The molecule has 7 heteroatoms. The molecule has 0 bridgehead atoms. The van der Waals surface area contributed by atoms with Gasteiger partial charge in [-0.3, -0.25) is 24.1 Å². The van der Waals surface area contributed by atoms with Gasteiger partial charge in [0.15, 0.2) is 0 Å². The number of rotatable bonds is 5. The molecule has 154 valence electrons. The number of hydrogen-bond acceptors (Lipinski definition) is 5. The summed E-state index contributed by atoms with van der Waals surface area (Å²) in [7, 11) is 0. The predicted octanol–water partition coefficient (Wildman–Crippen LogP) is 2.50. The maximum absolute atomic E-state index is 12.5. The third-order valence-electron chi connectivity index (χ3n) is 5.76. The molecule has 7 nitrogen and oxygen atoms in total. The molecule has 0 aromatic heterocycles. The topological polar surface area (TPSA) is 84.0 Å². The van der Waals surface area contributed by atoms with Crippen LogP contribution in [0.3, 0.4) is 0 Å². The van der Waals surface area contributed by atoms with E-state index in [4.69, 9.17) is 4.74 Å². The Morgan fingerprint density at radius 3 is 2.33 bits per heavy atom. The third kappa shape index (κ3) is 3.36. The summed E-state index contributed by atoms with van der Waals surface area (Å²) in [4.78, 5) is 52.4. The van der Waals surface area contributed by atoms with Crippen molar-refractivity contribution in [2.24, 2.45) is 5.92 Å². The molecular formula is C23H22N2O5. The van der Waals surface area contributed by atoms with Gasteiger partial charge < -0.3 is 9.64 Å². The van der Waals surface area contributed by atoms with Gasteiger partial charge in [-0.2, -0.15) is 0 Å². The first-order chi connectivity index (χ1) is 14.4. The van der Waals surface area contributed by atoms with Crippen LogP contribution in [-0.2, 0) is 14.3 Å². The minimum absolute atomic E-state index is 0.0144. The molecular weight excluding hydrogens is 384 g/mol. The molecule has 2 heterocycles. The number of carbonyl (C=O) groups excluding carboxylic acids is 4. The third-order valence-corrected chi connectivity index (χ3v) is 5.76. The zero-order chi connectivity index (χ0) is 21.4. The fraction of sp³-hybridized carbons (Fsp3) is 0.304. The van der Waals surface area contributed by atoms with Crippen LogP contribution in [0, 0.1) is 19.8 Å². The molecule has 1 atom stereocenters. The Balaban J connectivity index is 1.34. The first kappa shape index (κ1) is 19.8. The van der Waals surface area contributed by atoms with E-state index in [2.05, 4.69) is 0 Å². The van der Waals surface area contributed by atoms with E-state index in [0.29, 0.717) is 11.1 Å². The monoisotopic (exact) mass is 406 g/mol. The van der Waals surface area contributed by atoms with Crippen LogP contribution in [0.4, 0.5) is 5.69 Å². The molecule has 1 saturated heterocycles. The highest BCUT2D eigenvalue weighted by Gasteiger charge is 2.38. The molecule has 4 rings (SSSR count). The molecule has 2 aromatic rings. The van der Waals surface area contributed by atoms with Crippen LogP contribution >= 0.6 is 0 Å². The number of imide groups is 1. The minimum atomic E-state index is -0.570. The van der Waals surface area contributed by atoms with Crippen molar-refractivity contribution in [1.82, 2.24) is 4.90 Å². The number of esters is 1. The zero-order valence-electron chi connectivity index (χ0n) is 16.9. The predicted molar refractivity (Wildman–Crippen MR) is 109 cm³/mol. The molecule has 2 aliphatic rings. The quantitative estimate of drug-likeness (QED) is 0.563. The molecule has 0 spiro atoms. The van der Waals surface area contributed by atoms with Gasteiger partial charge in [-0.05, 0) is 43.2 Å². The van der Waals surface area contributed by atoms with Crippen LogP contribution in [0.25, 0.3) is 0 Å². The first-order valence-electron chi connectivity index (χ1n) is 9.87. The fourth-order valence-corrected chi connectivity index (χ4v) is 3.92. The normalized spacial score (nSPS) is 18.2. The number of amides is 3. The number of ether oxygens (including phenoxy) is 1. The highest BCUT2D eigenvalue weighted by atomic mass is 16.5. The lowest BCUT2D eigenvalue weighted by atomic mass is 10.1. The van der Waals surface area contributed by atoms with E-state index in [1.165, 1.54) is 0 Å². The number of benzene rings is 2. The van der Waals surface area contributed by atoms with Gasteiger partial charge in [-0.15, -0.1) is 0 Å². The van der Waals surface area contributed by atoms with Crippen molar-refractivity contribution in [1.29, 1.82) is 0 Å². The second kappa shape index (κ2) is 7.74. The summed E-state index contributed by atoms with van der Waals surface area (Å²) in [5.41, 5.74) is 3.61. The Kier molecular flexibility index (Phi) is 5.11. The van der Waals surface area contributed by atoms with Crippen molar-refractivity contribution in [3.8, 4) is 0 Å². The Hall–Kier alpha value is -3.48. The summed E-state index contributed by atoms with van der Waals surface area (Å²) in [6.45, 7) is 4.07. The van der Waals surface area contributed by atoms with Gasteiger partial charge in [0.1, 0.15) is 6.61 Å². The lowest BCUT2D eigenvalue weighted by molar-refractivity contribution is -0.148. The molecule has 2 aliphatic heterocycles. The fourth-order valence-electron chi connectivity index (χ4n) is 3.92. The number of hydrogen-bond donors (Lipinski definition) is 0. The van der Waals surface area contributed by atoms with Crippen molar-refractivity contribution in [2.45, 2.75) is 20.3 Å². The van der Waals surface area contributed by atoms with E-state index in [-0.39, 0.29) is 43.8 Å². The molecule has 0 unspecified atom stereocenters. The van der Waals surface area contributed by atoms with Gasteiger partial charge >= 0.3 is 5.97 Å². The summed E-state index contributed by atoms with van der Waals surface area (Å²) < 4.78 is 5.31. The maximum atomic E-state index is 12.5. The van der Waals surface area contributed by atoms with E-state index in [1.807, 2.05) is 32.0 Å². The Bertz CT molecular complexity index is 1030. The number of carbonyl (C=O) groups is 4. The highest BCUT2D eigenvalue weighted by molar-refractivity contribution is 6.21. The van der Waals surface area contributed by atoms with Crippen molar-refractivity contribution >= 4 is 29.4 Å². The standard InChI is InChI=1S/C23H22N2O5/c1-14-6-5-9-19(15(14)2)25-13-16(12-20(25)26)23(29)30-11-10-24-21(27)17-7-3-4-8-18(17)22(24)28/h3-9,16H,10-13H2,1-2H3/t16-/m0/s1. The second-order valence-corrected chi connectivity index (χ2v) is 7.60. The van der Waals surface area contributed by atoms with Crippen LogP contribution < -0.4 is 4.90 Å². The Morgan fingerprint density at radius 1 is 1.00 bits per heavy atom. The van der Waals surface area contributed by atoms with Crippen LogP contribution in [0.5, 0.6) is 0 Å². The lowest BCUT2D eigenvalue weighted by Gasteiger charge is -2.20. The van der Waals surface area contributed by atoms with Gasteiger partial charge in [-0.25, -0.2) is 0 Å². The smallest absolute Gasteiger partial charge is 0.311 e. The second-order valence-electron chi connectivity index (χ2n) is 7.60. The van der Waals surface area contributed by atoms with Gasteiger partial charge in [0.25, 0.3) is 11.8 Å². The number of aryl methyl sites for hydroxylation is 1. The summed E-state index contributed by atoms with van der Waals surface area (Å²) in [6, 6.07) is 12.3. The van der Waals surface area contributed by atoms with Crippen LogP contribution in [0.1, 0.15) is 38.3 Å². The van der Waals surface area contributed by atoms with Crippen LogP contribution in [-0.4, -0.2) is 48.3 Å². The zero-order valence-corrected chi connectivity index (χ0v) is 16.9. The van der Waals surface area contributed by atoms with E-state index in [0.717, 1.165) is 21.7 Å². The van der Waals surface area contributed by atoms with Crippen LogP contribution in [0.2, 0.25) is 0 Å². The van der Waals surface area contributed by atoms with Crippen molar-refractivity contribution in [2.75, 3.05) is 24.6 Å². The molecule has 0 aliphatic carbocycles. The van der Waals surface area contributed by atoms with E-state index in [9.17, 15) is 19.2 Å². The first-order valence-corrected chi connectivity index (χ1v) is 9.87. The molecule has 0 radical (unpaired) electrons. The van der Waals surface area contributed by atoms with Gasteiger partial charge in [-0.1, -0.05) is 24.3 Å². The Labute approximate surface area is 174 Å². The molecule has 0 N–H and O–H groups in total. The number of nitrogens with zero attached hydrogens (tertiary/aromatic N) is 2. The van der Waals surface area contributed by atoms with Crippen LogP contribution in [0.15, 0.2) is 42.5 Å². The minimum Gasteiger partial charge on any atom is -0.464 e. The summed E-state index contributed by atoms with van der Waals surface area (Å²) in [6.07, 6.45) is 0.0826. The average molecular weight is 406 g/mol.